The van der Waals surface area contributed by atoms with E-state index >= 15 is 0 Å². The van der Waals surface area contributed by atoms with Crippen LogP contribution in [0.2, 0.25) is 5.02 Å². The lowest BCUT2D eigenvalue weighted by Crippen LogP contribution is -2.35. The van der Waals surface area contributed by atoms with Crippen LogP contribution < -0.4 is 9.47 Å². The number of rotatable bonds is 7. The van der Waals surface area contributed by atoms with E-state index < -0.39 is 15.7 Å². The summed E-state index contributed by atoms with van der Waals surface area (Å²) in [7, 11) is -3.57. The Balaban J connectivity index is 1.40. The zero-order valence-corrected chi connectivity index (χ0v) is 20.3. The Hall–Kier alpha value is -3.15. The molecule has 12 heteroatoms. The van der Waals surface area contributed by atoms with Crippen LogP contribution in [0.15, 0.2) is 64.2 Å². The number of para-hydroxylation sites is 1. The van der Waals surface area contributed by atoms with Gasteiger partial charge in [-0.3, -0.25) is 10.2 Å². The van der Waals surface area contributed by atoms with Gasteiger partial charge in [-0.2, -0.15) is 10.0 Å². The van der Waals surface area contributed by atoms with Crippen LogP contribution in [0.25, 0.3) is 6.08 Å². The molecule has 34 heavy (non-hydrogen) atoms. The molecule has 0 saturated carbocycles. The molecule has 0 aromatic heterocycles. The average Bonchev–Trinajstić information content (AvgIpc) is 3.26. The first-order valence-corrected chi connectivity index (χ1v) is 13.0. The van der Waals surface area contributed by atoms with Gasteiger partial charge in [0.25, 0.3) is 5.91 Å². The fraction of sp³-hybridized carbons (Fsp3) is 0.182. The quantitative estimate of drug-likeness (QED) is 0.437. The highest BCUT2D eigenvalue weighted by atomic mass is 35.5. The van der Waals surface area contributed by atoms with Crippen molar-refractivity contribution in [2.24, 2.45) is 10.1 Å². The number of carbonyl (C=O) groups is 1. The number of hydrogen-bond acceptors (Lipinski definition) is 8. The van der Waals surface area contributed by atoms with Crippen LogP contribution in [0, 0.1) is 5.41 Å². The number of amidine groups is 2. The second-order valence-electron chi connectivity index (χ2n) is 6.99. The molecule has 0 unspecified atom stereocenters. The van der Waals surface area contributed by atoms with Gasteiger partial charge in [-0.25, -0.2) is 8.42 Å². The van der Waals surface area contributed by atoms with Crippen molar-refractivity contribution in [3.8, 4) is 11.5 Å². The molecule has 9 nitrogen and oxygen atoms in total. The maximum absolute atomic E-state index is 12.5. The molecule has 0 bridgehead atoms. The summed E-state index contributed by atoms with van der Waals surface area (Å²) in [5.41, 5.74) is 0.647. The highest BCUT2D eigenvalue weighted by molar-refractivity contribution is 8.42. The van der Waals surface area contributed by atoms with Crippen molar-refractivity contribution >= 4 is 60.6 Å². The molecule has 0 radical (unpaired) electrons. The summed E-state index contributed by atoms with van der Waals surface area (Å²) in [6.07, 6.45) is 1.50. The second-order valence-corrected chi connectivity index (χ2v) is 10.8. The van der Waals surface area contributed by atoms with E-state index in [-0.39, 0.29) is 26.7 Å². The molecule has 0 atom stereocenters. The van der Waals surface area contributed by atoms with Crippen molar-refractivity contribution in [2.75, 3.05) is 19.0 Å². The molecule has 2 aliphatic rings. The number of nitrogens with one attached hydrogen (secondary N) is 1. The minimum absolute atomic E-state index is 0.00468. The number of amides is 1. The number of fused-ring (bicyclic) bond motifs is 1. The Morgan fingerprint density at radius 2 is 1.82 bits per heavy atom. The van der Waals surface area contributed by atoms with Gasteiger partial charge in [0.15, 0.2) is 5.84 Å². The molecule has 2 heterocycles. The van der Waals surface area contributed by atoms with E-state index in [0.717, 1.165) is 16.8 Å². The third kappa shape index (κ3) is 5.16. The van der Waals surface area contributed by atoms with Crippen molar-refractivity contribution in [3.05, 3.63) is 64.7 Å². The standard InChI is InChI=1S/C22H19ClN4O5S2/c1-2-34(29,30)22-26-27-19(24)16(20(28)25-21(27)33-22)13-14-7-9-15(10-8-14)31-11-12-32-18-6-4-3-5-17(18)23/h3-10,13,24H,2,11-12H2,1H3/b16-13-,24-19?. The number of thioether (sulfide) groups is 1. The third-order valence-corrected chi connectivity index (χ3v) is 8.12. The molecule has 4 rings (SSSR count). The van der Waals surface area contributed by atoms with Crippen molar-refractivity contribution in [2.45, 2.75) is 6.92 Å². The largest absolute Gasteiger partial charge is 0.490 e. The van der Waals surface area contributed by atoms with Gasteiger partial charge in [0.2, 0.25) is 19.4 Å². The number of halogens is 1. The summed E-state index contributed by atoms with van der Waals surface area (Å²) < 4.78 is 35.2. The fourth-order valence-electron chi connectivity index (χ4n) is 2.92. The molecule has 0 spiro atoms. The summed E-state index contributed by atoms with van der Waals surface area (Å²) in [6.45, 7) is 2.12. The van der Waals surface area contributed by atoms with E-state index in [9.17, 15) is 13.2 Å². The normalized spacial score (nSPS) is 16.9. The van der Waals surface area contributed by atoms with Crippen molar-refractivity contribution in [1.82, 2.24) is 5.01 Å². The van der Waals surface area contributed by atoms with Crippen LogP contribution in [-0.4, -0.2) is 53.7 Å². The number of ether oxygens (including phenoxy) is 2. The summed E-state index contributed by atoms with van der Waals surface area (Å²) in [5, 5.41) is 14.0. The molecule has 1 amide bonds. The van der Waals surface area contributed by atoms with E-state index in [0.29, 0.717) is 35.3 Å². The van der Waals surface area contributed by atoms with Crippen LogP contribution in [0.3, 0.4) is 0 Å². The number of benzene rings is 2. The predicted octanol–water partition coefficient (Wildman–Crippen LogP) is 3.81. The summed E-state index contributed by atoms with van der Waals surface area (Å²) >= 11 is 6.81. The number of sulfone groups is 1. The van der Waals surface area contributed by atoms with Crippen LogP contribution in [0.1, 0.15) is 12.5 Å². The predicted molar refractivity (Wildman–Crippen MR) is 133 cm³/mol. The number of aliphatic imine (C=N–C) groups is 1. The van der Waals surface area contributed by atoms with Gasteiger partial charge in [-0.15, -0.1) is 5.10 Å². The summed E-state index contributed by atoms with van der Waals surface area (Å²) in [6, 6.07) is 14.1. The van der Waals surface area contributed by atoms with Crippen LogP contribution >= 0.6 is 23.4 Å². The third-order valence-electron chi connectivity index (χ3n) is 4.72. The Labute approximate surface area is 205 Å². The van der Waals surface area contributed by atoms with Crippen molar-refractivity contribution in [3.63, 3.8) is 0 Å². The van der Waals surface area contributed by atoms with E-state index in [1.165, 1.54) is 13.0 Å². The Bertz CT molecular complexity index is 1340. The Morgan fingerprint density at radius 1 is 1.12 bits per heavy atom. The summed E-state index contributed by atoms with van der Waals surface area (Å²) in [4.78, 5) is 16.4. The number of hydrazone groups is 1. The Morgan fingerprint density at radius 3 is 2.53 bits per heavy atom. The van der Waals surface area contributed by atoms with Crippen LogP contribution in [0.4, 0.5) is 0 Å². The molecule has 0 saturated heterocycles. The highest BCUT2D eigenvalue weighted by Crippen LogP contribution is 2.30. The minimum atomic E-state index is -3.57. The maximum atomic E-state index is 12.5. The van der Waals surface area contributed by atoms with Crippen molar-refractivity contribution < 1.29 is 22.7 Å². The van der Waals surface area contributed by atoms with E-state index in [2.05, 4.69) is 10.1 Å². The number of hydrogen-bond donors (Lipinski definition) is 1. The van der Waals surface area contributed by atoms with Gasteiger partial charge in [-0.05, 0) is 47.7 Å². The Kier molecular flexibility index (Phi) is 7.05. The van der Waals surface area contributed by atoms with E-state index in [4.69, 9.17) is 26.5 Å². The zero-order valence-electron chi connectivity index (χ0n) is 17.9. The fourth-order valence-corrected chi connectivity index (χ4v) is 5.28. The lowest BCUT2D eigenvalue weighted by molar-refractivity contribution is -0.114. The molecule has 0 fully saturated rings. The molecule has 2 aromatic rings. The summed E-state index contributed by atoms with van der Waals surface area (Å²) in [5.74, 6) is 0.183. The first-order valence-electron chi connectivity index (χ1n) is 10.1. The van der Waals surface area contributed by atoms with Gasteiger partial charge in [0.05, 0.1) is 16.3 Å². The van der Waals surface area contributed by atoms with Gasteiger partial charge >= 0.3 is 0 Å². The number of nitrogens with zero attached hydrogens (tertiary/aromatic N) is 3. The molecule has 176 valence electrons. The molecule has 1 N–H and O–H groups in total. The zero-order chi connectivity index (χ0) is 24.3. The lowest BCUT2D eigenvalue weighted by atomic mass is 10.1. The van der Waals surface area contributed by atoms with Gasteiger partial charge in [0.1, 0.15) is 24.7 Å². The molecule has 2 aliphatic heterocycles. The topological polar surface area (TPSA) is 121 Å². The highest BCUT2D eigenvalue weighted by Gasteiger charge is 2.39. The smallest absolute Gasteiger partial charge is 0.283 e. The first-order chi connectivity index (χ1) is 16.3. The van der Waals surface area contributed by atoms with E-state index in [1.807, 2.05) is 12.1 Å². The number of carbonyl (C=O) groups excluding carboxylic acids is 1. The van der Waals surface area contributed by atoms with Crippen molar-refractivity contribution in [1.29, 1.82) is 5.41 Å². The minimum Gasteiger partial charge on any atom is -0.490 e. The molecule has 2 aromatic carbocycles. The second kappa shape index (κ2) is 10.00. The van der Waals surface area contributed by atoms with Gasteiger partial charge < -0.3 is 9.47 Å². The maximum Gasteiger partial charge on any atom is 0.283 e. The average molecular weight is 519 g/mol. The van der Waals surface area contributed by atoms with Gasteiger partial charge in [0, 0.05) is 0 Å². The molecular weight excluding hydrogens is 500 g/mol. The van der Waals surface area contributed by atoms with Crippen LogP contribution in [0.5, 0.6) is 11.5 Å². The molecular formula is C22H19ClN4O5S2. The lowest BCUT2D eigenvalue weighted by Gasteiger charge is -2.20. The first kappa shape index (κ1) is 24.0. The SMILES string of the molecule is CCS(=O)(=O)C1=NN2C(=N)/C(=C/c3ccc(OCCOc4ccccc4Cl)cc3)C(=O)N=C2S1. The molecule has 0 aliphatic carbocycles. The van der Waals surface area contributed by atoms with E-state index in [1.54, 1.807) is 36.4 Å². The monoisotopic (exact) mass is 518 g/mol. The van der Waals surface area contributed by atoms with Crippen LogP contribution in [-0.2, 0) is 14.6 Å². The van der Waals surface area contributed by atoms with Gasteiger partial charge in [-0.1, -0.05) is 42.8 Å².